The van der Waals surface area contributed by atoms with Crippen LogP contribution in [0.5, 0.6) is 0 Å². The van der Waals surface area contributed by atoms with Gasteiger partial charge in [-0.15, -0.1) is 0 Å². The highest BCUT2D eigenvalue weighted by Gasteiger charge is 2.37. The number of likely N-dealkylation sites (tertiary alicyclic amines) is 1. The molecule has 2 fully saturated rings. The Morgan fingerprint density at radius 1 is 1.19 bits per heavy atom. The number of benzene rings is 1. The van der Waals surface area contributed by atoms with Crippen LogP contribution in [0.25, 0.3) is 10.9 Å². The predicted octanol–water partition coefficient (Wildman–Crippen LogP) is 2.80. The summed E-state index contributed by atoms with van der Waals surface area (Å²) in [5.74, 6) is -0.0991. The zero-order chi connectivity index (χ0) is 22.1. The molecular weight excluding hydrogens is 418 g/mol. The highest BCUT2D eigenvalue weighted by atomic mass is 35.5. The van der Waals surface area contributed by atoms with Gasteiger partial charge in [-0.25, -0.2) is 0 Å². The fraction of sp³-hybridized carbons (Fsp3) is 0.565. The van der Waals surface area contributed by atoms with Crippen LogP contribution in [0.2, 0.25) is 5.02 Å². The van der Waals surface area contributed by atoms with Gasteiger partial charge in [-0.2, -0.15) is 0 Å². The molecular formula is C23H30ClN3O4. The fourth-order valence-corrected chi connectivity index (χ4v) is 4.85. The third-order valence-corrected chi connectivity index (χ3v) is 7.04. The molecule has 2 aliphatic rings. The van der Waals surface area contributed by atoms with E-state index in [1.165, 1.54) is 0 Å². The molecule has 1 aromatic carbocycles. The second-order valence-corrected chi connectivity index (χ2v) is 9.39. The number of nitrogens with zero attached hydrogens (tertiary/aromatic N) is 2. The van der Waals surface area contributed by atoms with E-state index in [0.717, 1.165) is 0 Å². The van der Waals surface area contributed by atoms with Crippen LogP contribution in [0.4, 0.5) is 5.69 Å². The first kappa shape index (κ1) is 22.4. The summed E-state index contributed by atoms with van der Waals surface area (Å²) in [4.78, 5) is 19.5. The lowest BCUT2D eigenvalue weighted by Crippen LogP contribution is -2.52. The molecule has 0 radical (unpaired) electrons. The molecule has 2 aromatic rings. The van der Waals surface area contributed by atoms with Gasteiger partial charge in [0.15, 0.2) is 5.78 Å². The molecule has 0 spiro atoms. The van der Waals surface area contributed by atoms with Gasteiger partial charge in [0, 0.05) is 69.3 Å². The number of nitrogens with two attached hydrogens (primary N) is 1. The Hall–Kier alpha value is -1.77. The van der Waals surface area contributed by atoms with E-state index in [0.29, 0.717) is 92.1 Å². The molecule has 31 heavy (non-hydrogen) atoms. The van der Waals surface area contributed by atoms with Gasteiger partial charge in [0.2, 0.25) is 0 Å². The lowest BCUT2D eigenvalue weighted by molar-refractivity contribution is -0.0951. The molecule has 0 bridgehead atoms. The van der Waals surface area contributed by atoms with E-state index in [9.17, 15) is 15.0 Å². The van der Waals surface area contributed by atoms with Crippen molar-refractivity contribution in [2.45, 2.75) is 49.7 Å². The number of halogens is 1. The minimum atomic E-state index is -0.884. The quantitative estimate of drug-likeness (QED) is 0.461. The largest absolute Gasteiger partial charge is 0.397 e. The van der Waals surface area contributed by atoms with Gasteiger partial charge in [-0.1, -0.05) is 11.6 Å². The zero-order valence-electron chi connectivity index (χ0n) is 17.6. The van der Waals surface area contributed by atoms with Crippen LogP contribution in [0.15, 0.2) is 24.4 Å². The summed E-state index contributed by atoms with van der Waals surface area (Å²) in [6.07, 6.45) is 4.67. The van der Waals surface area contributed by atoms with Crippen molar-refractivity contribution in [3.05, 3.63) is 35.0 Å². The number of β-amino-alcohol motifs (C(OH)–C–C–N with tert-alkyl or cyclic N) is 1. The van der Waals surface area contributed by atoms with Gasteiger partial charge < -0.3 is 25.6 Å². The number of aromatic nitrogens is 1. The lowest BCUT2D eigenvalue weighted by atomic mass is 9.84. The highest BCUT2D eigenvalue weighted by Crippen LogP contribution is 2.33. The van der Waals surface area contributed by atoms with Crippen LogP contribution in [-0.2, 0) is 4.74 Å². The SMILES string of the molecule is Nc1c(Cl)cc(C(=O)CCC2(O)CCN(CC3(O)CCOCC3)CC2)c2ncccc12. The number of rotatable bonds is 6. The van der Waals surface area contributed by atoms with Crippen LogP contribution < -0.4 is 5.73 Å². The van der Waals surface area contributed by atoms with Gasteiger partial charge in [-0.3, -0.25) is 9.78 Å². The third-order valence-electron chi connectivity index (χ3n) is 6.73. The summed E-state index contributed by atoms with van der Waals surface area (Å²) < 4.78 is 5.35. The van der Waals surface area contributed by atoms with Crippen LogP contribution >= 0.6 is 11.6 Å². The van der Waals surface area contributed by atoms with Gasteiger partial charge in [-0.05, 0) is 37.5 Å². The van der Waals surface area contributed by atoms with Crippen molar-refractivity contribution in [1.29, 1.82) is 0 Å². The van der Waals surface area contributed by atoms with Crippen molar-refractivity contribution in [2.24, 2.45) is 0 Å². The Kier molecular flexibility index (Phi) is 6.51. The summed E-state index contributed by atoms with van der Waals surface area (Å²) in [6.45, 7) is 3.19. The maximum Gasteiger partial charge on any atom is 0.165 e. The van der Waals surface area contributed by atoms with Gasteiger partial charge in [0.25, 0.3) is 0 Å². The van der Waals surface area contributed by atoms with E-state index in [4.69, 9.17) is 22.1 Å². The summed E-state index contributed by atoms with van der Waals surface area (Å²) >= 11 is 6.23. The van der Waals surface area contributed by atoms with E-state index in [-0.39, 0.29) is 12.2 Å². The van der Waals surface area contributed by atoms with Crippen LogP contribution in [0, 0.1) is 0 Å². The number of pyridine rings is 1. The Labute approximate surface area is 187 Å². The van der Waals surface area contributed by atoms with Crippen molar-refractivity contribution >= 4 is 34.0 Å². The molecule has 2 aliphatic heterocycles. The summed E-state index contributed by atoms with van der Waals surface area (Å²) in [5.41, 5.74) is 5.85. The number of ether oxygens (including phenoxy) is 1. The predicted molar refractivity (Wildman–Crippen MR) is 120 cm³/mol. The maximum absolute atomic E-state index is 13.0. The number of aliphatic hydroxyl groups is 2. The van der Waals surface area contributed by atoms with Crippen molar-refractivity contribution in [3.8, 4) is 0 Å². The van der Waals surface area contributed by atoms with Crippen molar-refractivity contribution in [1.82, 2.24) is 9.88 Å². The maximum atomic E-state index is 13.0. The third kappa shape index (κ3) is 5.02. The minimum Gasteiger partial charge on any atom is -0.397 e. The molecule has 8 heteroatoms. The molecule has 4 rings (SSSR count). The number of ketones is 1. The van der Waals surface area contributed by atoms with E-state index in [1.807, 2.05) is 0 Å². The van der Waals surface area contributed by atoms with E-state index >= 15 is 0 Å². The number of fused-ring (bicyclic) bond motifs is 1. The molecule has 3 heterocycles. The van der Waals surface area contributed by atoms with E-state index in [1.54, 1.807) is 24.4 Å². The molecule has 1 aromatic heterocycles. The number of carbonyl (C=O) groups excluding carboxylic acids is 1. The summed E-state index contributed by atoms with van der Waals surface area (Å²) in [6, 6.07) is 5.14. The number of Topliss-reactive ketones (excluding diaryl/α,β-unsaturated/α-hetero) is 1. The molecule has 0 saturated carbocycles. The van der Waals surface area contributed by atoms with Crippen molar-refractivity contribution < 1.29 is 19.7 Å². The second-order valence-electron chi connectivity index (χ2n) is 8.98. The van der Waals surface area contributed by atoms with Crippen LogP contribution in [-0.4, -0.2) is 69.9 Å². The molecule has 0 amide bonds. The molecule has 168 valence electrons. The van der Waals surface area contributed by atoms with E-state index in [2.05, 4.69) is 9.88 Å². The molecule has 2 saturated heterocycles. The van der Waals surface area contributed by atoms with Crippen LogP contribution in [0.3, 0.4) is 0 Å². The monoisotopic (exact) mass is 447 g/mol. The molecule has 0 atom stereocenters. The lowest BCUT2D eigenvalue weighted by Gasteiger charge is -2.42. The first-order valence-corrected chi connectivity index (χ1v) is 11.3. The standard InChI is InChI=1S/C23H30ClN3O4/c24-18-14-17(21-16(20(18)25)2-1-9-26-21)19(28)3-4-22(29)5-10-27(11-6-22)15-23(30)7-12-31-13-8-23/h1-2,9,14,29-30H,3-8,10-13,15,25H2. The summed E-state index contributed by atoms with van der Waals surface area (Å²) in [7, 11) is 0. The first-order chi connectivity index (χ1) is 14.8. The average Bonchev–Trinajstić information content (AvgIpc) is 2.77. The zero-order valence-corrected chi connectivity index (χ0v) is 18.4. The Morgan fingerprint density at radius 3 is 2.61 bits per heavy atom. The number of nitrogen functional groups attached to an aromatic ring is 1. The van der Waals surface area contributed by atoms with Gasteiger partial charge in [0.05, 0.1) is 27.4 Å². The van der Waals surface area contributed by atoms with Gasteiger partial charge in [0.1, 0.15) is 0 Å². The second kappa shape index (κ2) is 9.00. The van der Waals surface area contributed by atoms with Crippen molar-refractivity contribution in [2.75, 3.05) is 38.6 Å². The smallest absolute Gasteiger partial charge is 0.165 e. The highest BCUT2D eigenvalue weighted by molar-refractivity contribution is 6.35. The Bertz CT molecular complexity index is 953. The number of hydrogen-bond donors (Lipinski definition) is 3. The first-order valence-electron chi connectivity index (χ1n) is 10.9. The number of piperidine rings is 1. The molecule has 4 N–H and O–H groups in total. The van der Waals surface area contributed by atoms with Crippen LogP contribution in [0.1, 0.15) is 48.9 Å². The van der Waals surface area contributed by atoms with Gasteiger partial charge >= 0.3 is 0 Å². The minimum absolute atomic E-state index is 0.0991. The van der Waals surface area contributed by atoms with Crippen molar-refractivity contribution in [3.63, 3.8) is 0 Å². The number of hydrogen-bond acceptors (Lipinski definition) is 7. The summed E-state index contributed by atoms with van der Waals surface area (Å²) in [5, 5.41) is 22.8. The molecule has 0 aliphatic carbocycles. The number of carbonyl (C=O) groups is 1. The van der Waals surface area contributed by atoms with E-state index < -0.39 is 11.2 Å². The topological polar surface area (TPSA) is 109 Å². The average molecular weight is 448 g/mol. The molecule has 7 nitrogen and oxygen atoms in total. The Balaban J connectivity index is 1.36. The Morgan fingerprint density at radius 2 is 1.90 bits per heavy atom. The molecule has 0 unspecified atom stereocenters. The number of anilines is 1. The normalized spacial score (nSPS) is 21.3. The fourth-order valence-electron chi connectivity index (χ4n) is 4.64.